The lowest BCUT2D eigenvalue weighted by Gasteiger charge is -2.28. The zero-order valence-corrected chi connectivity index (χ0v) is 19.6. The smallest absolute Gasteiger partial charge is 0.213 e. The highest BCUT2D eigenvalue weighted by Gasteiger charge is 2.38. The van der Waals surface area contributed by atoms with Crippen molar-refractivity contribution in [2.45, 2.75) is 44.9 Å². The molecule has 1 saturated carbocycles. The summed E-state index contributed by atoms with van der Waals surface area (Å²) >= 11 is 0. The van der Waals surface area contributed by atoms with Gasteiger partial charge in [0, 0.05) is 24.1 Å². The Morgan fingerprint density at radius 2 is 1.85 bits per heavy atom. The molecule has 0 bridgehead atoms. The van der Waals surface area contributed by atoms with Crippen molar-refractivity contribution < 1.29 is 14.3 Å². The molecule has 0 saturated heterocycles. The first-order chi connectivity index (χ1) is 16.0. The van der Waals surface area contributed by atoms with Crippen LogP contribution in [0.5, 0.6) is 11.6 Å². The minimum Gasteiger partial charge on any atom is -0.493 e. The average Bonchev–Trinajstić information content (AvgIpc) is 3.69. The highest BCUT2D eigenvalue weighted by atomic mass is 16.5. The van der Waals surface area contributed by atoms with E-state index in [1.54, 1.807) is 20.2 Å². The lowest BCUT2D eigenvalue weighted by Crippen LogP contribution is -2.21. The van der Waals surface area contributed by atoms with E-state index in [9.17, 15) is 4.79 Å². The Morgan fingerprint density at radius 3 is 2.55 bits per heavy atom. The maximum absolute atomic E-state index is 12.1. The Hall–Kier alpha value is -3.14. The number of ether oxygens (including phenoxy) is 2. The maximum atomic E-state index is 12.1. The van der Waals surface area contributed by atoms with Crippen LogP contribution in [-0.2, 0) is 11.2 Å². The average molecular weight is 442 g/mol. The number of hydrogen-bond acceptors (Lipinski definition) is 4. The number of benzene rings is 2. The van der Waals surface area contributed by atoms with Crippen LogP contribution < -0.4 is 9.47 Å². The van der Waals surface area contributed by atoms with Crippen LogP contribution in [0.4, 0.5) is 0 Å². The Balaban J connectivity index is 1.36. The number of rotatable bonds is 7. The zero-order chi connectivity index (χ0) is 22.9. The van der Waals surface area contributed by atoms with Gasteiger partial charge in [0.15, 0.2) is 0 Å². The van der Waals surface area contributed by atoms with E-state index in [2.05, 4.69) is 54.4 Å². The Labute approximate surface area is 196 Å². The van der Waals surface area contributed by atoms with Crippen LogP contribution in [0, 0.1) is 11.8 Å². The predicted molar refractivity (Wildman–Crippen MR) is 130 cm³/mol. The van der Waals surface area contributed by atoms with Crippen LogP contribution in [0.3, 0.4) is 0 Å². The van der Waals surface area contributed by atoms with E-state index >= 15 is 0 Å². The normalized spacial score (nSPS) is 19.2. The van der Waals surface area contributed by atoms with Gasteiger partial charge in [-0.2, -0.15) is 0 Å². The Morgan fingerprint density at radius 1 is 1.06 bits per heavy atom. The molecule has 1 fully saturated rings. The van der Waals surface area contributed by atoms with Crippen molar-refractivity contribution in [3.8, 4) is 22.8 Å². The third-order valence-electron chi connectivity index (χ3n) is 7.34. The fraction of sp³-hybridized carbons (Fsp3) is 0.379. The number of nitrogens with zero attached hydrogens (tertiary/aromatic N) is 1. The molecule has 1 unspecified atom stereocenters. The van der Waals surface area contributed by atoms with E-state index in [1.165, 1.54) is 29.5 Å². The van der Waals surface area contributed by atoms with Gasteiger partial charge in [-0.1, -0.05) is 43.3 Å². The number of methoxy groups -OCH3 is 1. The van der Waals surface area contributed by atoms with Gasteiger partial charge in [0.1, 0.15) is 11.5 Å². The fourth-order valence-electron chi connectivity index (χ4n) is 5.16. The van der Waals surface area contributed by atoms with E-state index in [-0.39, 0.29) is 11.7 Å². The van der Waals surface area contributed by atoms with Crippen LogP contribution in [-0.4, -0.2) is 24.5 Å². The van der Waals surface area contributed by atoms with Gasteiger partial charge in [-0.15, -0.1) is 0 Å². The molecule has 2 heterocycles. The monoisotopic (exact) mass is 441 g/mol. The number of ketones is 1. The number of hydrogen-bond donors (Lipinski definition) is 0. The summed E-state index contributed by atoms with van der Waals surface area (Å²) < 4.78 is 11.4. The van der Waals surface area contributed by atoms with Crippen molar-refractivity contribution in [1.82, 2.24) is 4.98 Å². The third kappa shape index (κ3) is 4.52. The minimum atomic E-state index is 0.0650. The first-order valence-electron chi connectivity index (χ1n) is 11.9. The van der Waals surface area contributed by atoms with Crippen molar-refractivity contribution in [3.05, 3.63) is 77.5 Å². The van der Waals surface area contributed by atoms with Crippen LogP contribution in [0.25, 0.3) is 11.1 Å². The molecule has 170 valence electrons. The van der Waals surface area contributed by atoms with Gasteiger partial charge in [0.05, 0.1) is 13.7 Å². The molecule has 3 aromatic rings. The summed E-state index contributed by atoms with van der Waals surface area (Å²) in [7, 11) is 1.63. The van der Waals surface area contributed by atoms with Crippen molar-refractivity contribution in [3.63, 3.8) is 0 Å². The van der Waals surface area contributed by atoms with E-state index < -0.39 is 0 Å². The lowest BCUT2D eigenvalue weighted by atomic mass is 9.80. The summed E-state index contributed by atoms with van der Waals surface area (Å²) in [6.45, 7) is 4.50. The molecule has 0 radical (unpaired) electrons. The number of carbonyl (C=O) groups is 1. The number of carbonyl (C=O) groups excluding carboxylic acids is 1. The second-order valence-electron chi connectivity index (χ2n) is 9.55. The number of pyridine rings is 1. The van der Waals surface area contributed by atoms with Crippen LogP contribution in [0.2, 0.25) is 0 Å². The second-order valence-corrected chi connectivity index (χ2v) is 9.55. The summed E-state index contributed by atoms with van der Waals surface area (Å²) in [5.74, 6) is 3.24. The summed E-state index contributed by atoms with van der Waals surface area (Å²) in [4.78, 5) is 16.3. The van der Waals surface area contributed by atoms with Crippen molar-refractivity contribution in [2.24, 2.45) is 11.8 Å². The molecule has 0 amide bonds. The summed E-state index contributed by atoms with van der Waals surface area (Å²) in [6.07, 6.45) is 5.19. The summed E-state index contributed by atoms with van der Waals surface area (Å²) in [5.41, 5.74) is 6.07. The number of Topliss-reactive ketones (excluding diaryl/α,β-unsaturated/α-hetero) is 1. The molecule has 0 N–H and O–H groups in total. The molecule has 33 heavy (non-hydrogen) atoms. The van der Waals surface area contributed by atoms with Crippen LogP contribution in [0.15, 0.2) is 60.8 Å². The molecule has 2 aliphatic rings. The van der Waals surface area contributed by atoms with E-state index in [1.807, 2.05) is 12.1 Å². The first kappa shape index (κ1) is 21.7. The van der Waals surface area contributed by atoms with Gasteiger partial charge in [0.2, 0.25) is 5.88 Å². The van der Waals surface area contributed by atoms with E-state index in [0.717, 1.165) is 23.3 Å². The minimum absolute atomic E-state index is 0.0650. The quantitative estimate of drug-likeness (QED) is 0.438. The molecule has 1 aromatic heterocycles. The highest BCUT2D eigenvalue weighted by Crippen LogP contribution is 2.48. The summed E-state index contributed by atoms with van der Waals surface area (Å²) in [6, 6.07) is 19.3. The third-order valence-corrected chi connectivity index (χ3v) is 7.34. The lowest BCUT2D eigenvalue weighted by molar-refractivity contribution is -0.121. The van der Waals surface area contributed by atoms with Crippen molar-refractivity contribution >= 4 is 5.78 Å². The molecule has 4 nitrogen and oxygen atoms in total. The SMILES string of the molecule is COc1cc(-c2ccc(C3COc4ccc([C@H](C5CC5)[C@H](C)C(C)=O)cc4C3)cc2)ccn1. The van der Waals surface area contributed by atoms with Gasteiger partial charge in [0.25, 0.3) is 0 Å². The van der Waals surface area contributed by atoms with Gasteiger partial charge in [-0.25, -0.2) is 4.98 Å². The van der Waals surface area contributed by atoms with Gasteiger partial charge in [-0.05, 0) is 78.0 Å². The first-order valence-corrected chi connectivity index (χ1v) is 11.9. The molecule has 5 rings (SSSR count). The van der Waals surface area contributed by atoms with Crippen molar-refractivity contribution in [2.75, 3.05) is 13.7 Å². The Kier molecular flexibility index (Phi) is 5.92. The topological polar surface area (TPSA) is 48.4 Å². The molecule has 1 aliphatic heterocycles. The molecule has 2 aromatic carbocycles. The largest absolute Gasteiger partial charge is 0.493 e. The Bertz CT molecular complexity index is 1150. The van der Waals surface area contributed by atoms with Gasteiger partial charge >= 0.3 is 0 Å². The molecular formula is C29H31NO3. The zero-order valence-electron chi connectivity index (χ0n) is 19.6. The molecule has 4 heteroatoms. The summed E-state index contributed by atoms with van der Waals surface area (Å²) in [5, 5.41) is 0. The molecule has 0 spiro atoms. The molecule has 3 atom stereocenters. The number of aromatic nitrogens is 1. The molecular weight excluding hydrogens is 410 g/mol. The van der Waals surface area contributed by atoms with E-state index in [0.29, 0.717) is 30.2 Å². The van der Waals surface area contributed by atoms with Crippen LogP contribution >= 0.6 is 0 Å². The second kappa shape index (κ2) is 9.01. The molecule has 1 aliphatic carbocycles. The fourth-order valence-corrected chi connectivity index (χ4v) is 5.16. The highest BCUT2D eigenvalue weighted by molar-refractivity contribution is 5.79. The standard InChI is InChI=1S/C29H31NO3/c1-18(19(2)31)29(22-8-9-22)24-10-11-27-25(14-24)15-26(17-33-27)21-6-4-20(5-7-21)23-12-13-30-28(16-23)32-3/h4-7,10-14,16,18,22,26,29H,8-9,15,17H2,1-3H3/t18-,26?,29+/m1/s1. The predicted octanol–water partition coefficient (Wildman–Crippen LogP) is 6.19. The van der Waals surface area contributed by atoms with Gasteiger partial charge in [-0.3, -0.25) is 4.79 Å². The van der Waals surface area contributed by atoms with Crippen molar-refractivity contribution in [1.29, 1.82) is 0 Å². The number of fused-ring (bicyclic) bond motifs is 1. The van der Waals surface area contributed by atoms with Gasteiger partial charge < -0.3 is 9.47 Å². The van der Waals surface area contributed by atoms with E-state index in [4.69, 9.17) is 9.47 Å². The maximum Gasteiger partial charge on any atom is 0.213 e. The van der Waals surface area contributed by atoms with Crippen LogP contribution in [0.1, 0.15) is 55.2 Å².